The van der Waals surface area contributed by atoms with Crippen molar-refractivity contribution in [2.45, 2.75) is 26.3 Å². The molecule has 24 heavy (non-hydrogen) atoms. The van der Waals surface area contributed by atoms with E-state index in [0.29, 0.717) is 6.61 Å². The van der Waals surface area contributed by atoms with Crippen molar-refractivity contribution >= 4 is 5.96 Å². The van der Waals surface area contributed by atoms with Gasteiger partial charge in [0, 0.05) is 32.7 Å². The zero-order valence-corrected chi connectivity index (χ0v) is 15.8. The Bertz CT molecular complexity index is 495. The Kier molecular flexibility index (Phi) is 8.40. The highest BCUT2D eigenvalue weighted by atomic mass is 16.5. The molecule has 0 atom stereocenters. The molecule has 0 aliphatic carbocycles. The van der Waals surface area contributed by atoms with E-state index in [1.165, 1.54) is 0 Å². The first-order valence-electron chi connectivity index (χ1n) is 8.29. The molecule has 0 aliphatic rings. The third-order valence-electron chi connectivity index (χ3n) is 3.39. The maximum Gasteiger partial charge on any atom is 0.193 e. The number of nitrogens with one attached hydrogen (secondary N) is 2. The quantitative estimate of drug-likeness (QED) is 0.432. The van der Waals surface area contributed by atoms with Crippen LogP contribution in [0.3, 0.4) is 0 Å². The molecular weight excluding hydrogens is 304 g/mol. The van der Waals surface area contributed by atoms with Crippen molar-refractivity contribution in [3.63, 3.8) is 0 Å². The highest BCUT2D eigenvalue weighted by Crippen LogP contribution is 2.16. The molecule has 0 spiro atoms. The molecule has 0 bridgehead atoms. The number of methoxy groups -OCH3 is 1. The van der Waals surface area contributed by atoms with Crippen molar-refractivity contribution in [3.05, 3.63) is 24.3 Å². The van der Waals surface area contributed by atoms with Crippen LogP contribution in [0, 0.1) is 0 Å². The molecule has 1 aromatic carbocycles. The van der Waals surface area contributed by atoms with E-state index in [2.05, 4.69) is 41.3 Å². The number of likely N-dealkylation sites (N-methyl/N-ethyl adjacent to an activating group) is 1. The molecule has 1 rings (SSSR count). The number of guanidine groups is 1. The molecular formula is C18H32N4O2. The Morgan fingerprint density at radius 2 is 1.75 bits per heavy atom. The van der Waals surface area contributed by atoms with Gasteiger partial charge in [-0.3, -0.25) is 4.99 Å². The van der Waals surface area contributed by atoms with Gasteiger partial charge in [0.1, 0.15) is 18.1 Å². The van der Waals surface area contributed by atoms with Gasteiger partial charge >= 0.3 is 0 Å². The average Bonchev–Trinajstić information content (AvgIpc) is 2.54. The van der Waals surface area contributed by atoms with Crippen molar-refractivity contribution in [2.75, 3.05) is 47.4 Å². The zero-order valence-electron chi connectivity index (χ0n) is 15.8. The first kappa shape index (κ1) is 20.1. The molecule has 0 fully saturated rings. The van der Waals surface area contributed by atoms with Crippen LogP contribution in [-0.2, 0) is 0 Å². The number of hydrogen-bond donors (Lipinski definition) is 2. The van der Waals surface area contributed by atoms with Gasteiger partial charge in [-0.15, -0.1) is 0 Å². The van der Waals surface area contributed by atoms with Crippen LogP contribution in [0.2, 0.25) is 0 Å². The highest BCUT2D eigenvalue weighted by molar-refractivity contribution is 5.79. The highest BCUT2D eigenvalue weighted by Gasteiger charge is 2.09. The van der Waals surface area contributed by atoms with Gasteiger partial charge < -0.3 is 25.0 Å². The molecule has 0 aliphatic heterocycles. The predicted octanol–water partition coefficient (Wildman–Crippen LogP) is 1.97. The van der Waals surface area contributed by atoms with Gasteiger partial charge in [0.15, 0.2) is 5.96 Å². The summed E-state index contributed by atoms with van der Waals surface area (Å²) in [6.07, 6.45) is 0. The Morgan fingerprint density at radius 1 is 1.12 bits per heavy atom. The fourth-order valence-electron chi connectivity index (χ4n) is 2.07. The van der Waals surface area contributed by atoms with Crippen LogP contribution in [0.15, 0.2) is 29.3 Å². The summed E-state index contributed by atoms with van der Waals surface area (Å²) in [5.41, 5.74) is 0.128. The van der Waals surface area contributed by atoms with Gasteiger partial charge in [-0.1, -0.05) is 0 Å². The fraction of sp³-hybridized carbons (Fsp3) is 0.611. The monoisotopic (exact) mass is 336 g/mol. The smallest absolute Gasteiger partial charge is 0.193 e. The Hall–Kier alpha value is -1.95. The number of aliphatic imine (C=N–C) groups is 1. The molecule has 1 aromatic rings. The third-order valence-corrected chi connectivity index (χ3v) is 3.39. The van der Waals surface area contributed by atoms with Crippen LogP contribution in [0.1, 0.15) is 20.8 Å². The number of nitrogens with zero attached hydrogens (tertiary/aromatic N) is 2. The summed E-state index contributed by atoms with van der Waals surface area (Å²) in [5, 5.41) is 6.79. The van der Waals surface area contributed by atoms with Crippen LogP contribution in [0.25, 0.3) is 0 Å². The standard InChI is InChI=1S/C18H32N4O2/c1-18(2,3)21-12-11-20-17(19-4)22(5)13-14-24-16-9-7-15(23-6)8-10-16/h7-10,21H,11-14H2,1-6H3,(H,19,20). The fourth-order valence-corrected chi connectivity index (χ4v) is 2.07. The molecule has 0 radical (unpaired) electrons. The van der Waals surface area contributed by atoms with E-state index < -0.39 is 0 Å². The number of rotatable bonds is 8. The van der Waals surface area contributed by atoms with Gasteiger partial charge in [0.2, 0.25) is 0 Å². The molecule has 0 amide bonds. The van der Waals surface area contributed by atoms with Crippen molar-refractivity contribution in [1.82, 2.24) is 15.5 Å². The first-order valence-corrected chi connectivity index (χ1v) is 8.29. The van der Waals surface area contributed by atoms with E-state index >= 15 is 0 Å². The molecule has 0 aromatic heterocycles. The van der Waals surface area contributed by atoms with Crippen LogP contribution >= 0.6 is 0 Å². The van der Waals surface area contributed by atoms with Crippen LogP contribution in [0.4, 0.5) is 0 Å². The average molecular weight is 336 g/mol. The Balaban J connectivity index is 2.29. The van der Waals surface area contributed by atoms with Crippen molar-refractivity contribution < 1.29 is 9.47 Å². The lowest BCUT2D eigenvalue weighted by Gasteiger charge is -2.24. The molecule has 2 N–H and O–H groups in total. The van der Waals surface area contributed by atoms with Gasteiger partial charge in [0.05, 0.1) is 13.7 Å². The molecule has 0 heterocycles. The largest absolute Gasteiger partial charge is 0.497 e. The SMILES string of the molecule is CN=C(NCCNC(C)(C)C)N(C)CCOc1ccc(OC)cc1. The summed E-state index contributed by atoms with van der Waals surface area (Å²) < 4.78 is 10.9. The number of ether oxygens (including phenoxy) is 2. The van der Waals surface area contributed by atoms with Crippen molar-refractivity contribution in [2.24, 2.45) is 4.99 Å². The molecule has 6 nitrogen and oxygen atoms in total. The summed E-state index contributed by atoms with van der Waals surface area (Å²) in [6.45, 7) is 9.52. The minimum atomic E-state index is 0.128. The van der Waals surface area contributed by atoms with E-state index in [1.807, 2.05) is 31.3 Å². The van der Waals surface area contributed by atoms with Gasteiger partial charge in [-0.2, -0.15) is 0 Å². The molecule has 0 saturated carbocycles. The molecule has 136 valence electrons. The summed E-state index contributed by atoms with van der Waals surface area (Å²) in [6, 6.07) is 7.59. The lowest BCUT2D eigenvalue weighted by atomic mass is 10.1. The van der Waals surface area contributed by atoms with Crippen LogP contribution < -0.4 is 20.1 Å². The topological polar surface area (TPSA) is 58.1 Å². The summed E-state index contributed by atoms with van der Waals surface area (Å²) in [4.78, 5) is 6.36. The zero-order chi connectivity index (χ0) is 18.0. The Labute approximate surface area is 146 Å². The second kappa shape index (κ2) is 10.0. The molecule has 0 unspecified atom stereocenters. The molecule has 6 heteroatoms. The van der Waals surface area contributed by atoms with Crippen molar-refractivity contribution in [3.8, 4) is 11.5 Å². The second-order valence-electron chi connectivity index (χ2n) is 6.60. The Morgan fingerprint density at radius 3 is 2.29 bits per heavy atom. The lowest BCUT2D eigenvalue weighted by Crippen LogP contribution is -2.45. The second-order valence-corrected chi connectivity index (χ2v) is 6.60. The van der Waals surface area contributed by atoms with E-state index in [0.717, 1.165) is 37.1 Å². The van der Waals surface area contributed by atoms with E-state index in [-0.39, 0.29) is 5.54 Å². The number of benzene rings is 1. The van der Waals surface area contributed by atoms with Crippen molar-refractivity contribution in [1.29, 1.82) is 0 Å². The van der Waals surface area contributed by atoms with Gasteiger partial charge in [-0.05, 0) is 45.0 Å². The van der Waals surface area contributed by atoms with E-state index in [9.17, 15) is 0 Å². The summed E-state index contributed by atoms with van der Waals surface area (Å²) >= 11 is 0. The molecule has 0 saturated heterocycles. The van der Waals surface area contributed by atoms with Gasteiger partial charge in [0.25, 0.3) is 0 Å². The third kappa shape index (κ3) is 8.06. The maximum atomic E-state index is 5.75. The first-order chi connectivity index (χ1) is 11.4. The minimum absolute atomic E-state index is 0.128. The minimum Gasteiger partial charge on any atom is -0.497 e. The lowest BCUT2D eigenvalue weighted by molar-refractivity contribution is 0.281. The summed E-state index contributed by atoms with van der Waals surface area (Å²) in [5.74, 6) is 2.53. The number of hydrogen-bond acceptors (Lipinski definition) is 4. The van der Waals surface area contributed by atoms with Crippen LogP contribution in [0.5, 0.6) is 11.5 Å². The normalized spacial score (nSPS) is 12.0. The van der Waals surface area contributed by atoms with Gasteiger partial charge in [-0.25, -0.2) is 0 Å². The van der Waals surface area contributed by atoms with E-state index in [1.54, 1.807) is 14.2 Å². The maximum absolute atomic E-state index is 5.75. The van der Waals surface area contributed by atoms with E-state index in [4.69, 9.17) is 9.47 Å². The van der Waals surface area contributed by atoms with Crippen LogP contribution in [-0.4, -0.2) is 63.8 Å². The predicted molar refractivity (Wildman–Crippen MR) is 100 cm³/mol. The summed E-state index contributed by atoms with van der Waals surface area (Å²) in [7, 11) is 5.45.